The van der Waals surface area contributed by atoms with Crippen LogP contribution >= 0.6 is 0 Å². The van der Waals surface area contributed by atoms with E-state index in [9.17, 15) is 4.79 Å². The fourth-order valence-electron chi connectivity index (χ4n) is 4.46. The number of hydrogen-bond donors (Lipinski definition) is 0. The average Bonchev–Trinajstić information content (AvgIpc) is 2.74. The second-order valence-corrected chi connectivity index (χ2v) is 11.6. The molecule has 0 fully saturated rings. The van der Waals surface area contributed by atoms with E-state index in [4.69, 9.17) is 4.74 Å². The Morgan fingerprint density at radius 1 is 0.600 bits per heavy atom. The Labute approximate surface area is 241 Å². The van der Waals surface area contributed by atoms with Crippen molar-refractivity contribution in [1.29, 1.82) is 0 Å². The lowest BCUT2D eigenvalue weighted by molar-refractivity contribution is -0.891. The van der Waals surface area contributed by atoms with Crippen molar-refractivity contribution in [3.05, 3.63) is 12.2 Å². The van der Waals surface area contributed by atoms with Crippen LogP contribution in [0, 0.1) is 0 Å². The number of carbonyl (C=O) groups is 1. The fraction of sp³-hybridized carbons (Fsp3) is 0.897. The Bertz CT molecular complexity index is 511. The summed E-state index contributed by atoms with van der Waals surface area (Å²) in [7, 11) is 9.39. The second-order valence-electron chi connectivity index (χ2n) is 11.6. The van der Waals surface area contributed by atoms with Crippen LogP contribution in [0.4, 0.5) is 0 Å². The minimum atomic E-state index is -0.269. The van der Waals surface area contributed by atoms with Gasteiger partial charge in [0.05, 0.1) is 61.0 Å². The summed E-state index contributed by atoms with van der Waals surface area (Å²) >= 11 is 0. The van der Waals surface area contributed by atoms with Crippen LogP contribution in [0.15, 0.2) is 12.2 Å². The zero-order valence-electron chi connectivity index (χ0n) is 24.3. The number of halogens is 2. The maximum Gasteiger partial charge on any atom is 0.333 e. The van der Waals surface area contributed by atoms with Crippen molar-refractivity contribution in [2.24, 2.45) is 0 Å². The highest BCUT2D eigenvalue weighted by Crippen LogP contribution is 2.13. The lowest BCUT2D eigenvalue weighted by atomic mass is 10.1. The zero-order valence-corrected chi connectivity index (χ0v) is 27.5. The van der Waals surface area contributed by atoms with Gasteiger partial charge in [-0.25, -0.2) is 4.79 Å². The molecule has 0 atom stereocenters. The van der Waals surface area contributed by atoms with Gasteiger partial charge in [0, 0.05) is 12.0 Å². The molecule has 0 rings (SSSR count). The van der Waals surface area contributed by atoms with Gasteiger partial charge in [-0.15, -0.1) is 0 Å². The van der Waals surface area contributed by atoms with Crippen LogP contribution < -0.4 is 34.0 Å². The van der Waals surface area contributed by atoms with Crippen molar-refractivity contribution < 1.29 is 52.5 Å². The van der Waals surface area contributed by atoms with E-state index in [1.165, 1.54) is 114 Å². The summed E-state index contributed by atoms with van der Waals surface area (Å²) in [5, 5.41) is 0. The third-order valence-corrected chi connectivity index (χ3v) is 6.88. The molecule has 0 spiro atoms. The van der Waals surface area contributed by atoms with Crippen LogP contribution in [0.2, 0.25) is 0 Å². The minimum Gasteiger partial charge on any atom is -1.00 e. The van der Waals surface area contributed by atoms with E-state index in [0.29, 0.717) is 12.2 Å². The molecule has 0 bridgehead atoms. The summed E-state index contributed by atoms with van der Waals surface area (Å²) < 4.78 is 7.39. The Morgan fingerprint density at radius 3 is 1.26 bits per heavy atom. The van der Waals surface area contributed by atoms with E-state index >= 15 is 0 Å². The molecular weight excluding hydrogens is 568 g/mol. The SMILES string of the molecule is C=C(C)C(=O)OCCC[N+](C)(C)CCCCCC[N+](C)(C)CCCCCCCCCCCC.[Br-].[Br-]. The van der Waals surface area contributed by atoms with Gasteiger partial charge < -0.3 is 47.7 Å². The highest BCUT2D eigenvalue weighted by atomic mass is 79.9. The number of carbonyl (C=O) groups excluding carboxylic acids is 1. The fourth-order valence-corrected chi connectivity index (χ4v) is 4.46. The van der Waals surface area contributed by atoms with Gasteiger partial charge in [0.1, 0.15) is 0 Å². The minimum absolute atomic E-state index is 0. The smallest absolute Gasteiger partial charge is 0.333 e. The first-order valence-electron chi connectivity index (χ1n) is 14.1. The standard InChI is InChI=1S/C29H60N2O2.2BrH/c1-8-9-10-11-12-13-14-15-16-19-23-30(4,5)24-20-17-18-21-25-31(6,7)26-22-27-33-29(32)28(2)3;;/h2,8-27H2,1,3-7H3;2*1H/q+2;;/p-2. The molecule has 0 saturated carbocycles. The molecule has 0 saturated heterocycles. The summed E-state index contributed by atoms with van der Waals surface area (Å²) in [6.07, 6.45) is 20.4. The first kappa shape index (κ1) is 39.6. The average molecular weight is 629 g/mol. The predicted octanol–water partition coefficient (Wildman–Crippen LogP) is 1.14. The van der Waals surface area contributed by atoms with E-state index in [-0.39, 0.29) is 39.9 Å². The van der Waals surface area contributed by atoms with Crippen LogP contribution in [0.1, 0.15) is 110 Å². The maximum atomic E-state index is 11.4. The Kier molecular flexibility index (Phi) is 27.6. The molecule has 212 valence electrons. The Balaban J connectivity index is -0.00000512. The number of ether oxygens (including phenoxy) is 1. The number of unbranched alkanes of at least 4 members (excludes halogenated alkanes) is 12. The van der Waals surface area contributed by atoms with E-state index in [1.54, 1.807) is 6.92 Å². The molecule has 0 aliphatic heterocycles. The highest BCUT2D eigenvalue weighted by molar-refractivity contribution is 5.86. The monoisotopic (exact) mass is 626 g/mol. The Hall–Kier alpha value is 0.0900. The number of esters is 1. The third kappa shape index (κ3) is 27.0. The van der Waals surface area contributed by atoms with Gasteiger partial charge in [0.25, 0.3) is 0 Å². The molecule has 0 amide bonds. The number of quaternary nitrogens is 2. The molecule has 0 radical (unpaired) electrons. The molecule has 0 aromatic rings. The normalized spacial score (nSPS) is 11.5. The summed E-state index contributed by atoms with van der Waals surface area (Å²) in [4.78, 5) is 11.4. The van der Waals surface area contributed by atoms with Gasteiger partial charge in [-0.2, -0.15) is 0 Å². The quantitative estimate of drug-likeness (QED) is 0.0735. The summed E-state index contributed by atoms with van der Waals surface area (Å²) in [5.74, 6) is -0.269. The van der Waals surface area contributed by atoms with Crippen molar-refractivity contribution in [2.75, 3.05) is 61.0 Å². The largest absolute Gasteiger partial charge is 1.00 e. The molecule has 0 aliphatic rings. The van der Waals surface area contributed by atoms with E-state index in [2.05, 4.69) is 41.7 Å². The highest BCUT2D eigenvalue weighted by Gasteiger charge is 2.16. The van der Waals surface area contributed by atoms with Crippen LogP contribution in [-0.2, 0) is 9.53 Å². The third-order valence-electron chi connectivity index (χ3n) is 6.88. The van der Waals surface area contributed by atoms with E-state index in [0.717, 1.165) is 17.4 Å². The molecule has 0 aromatic heterocycles. The van der Waals surface area contributed by atoms with Crippen molar-refractivity contribution in [3.8, 4) is 0 Å². The van der Waals surface area contributed by atoms with Crippen molar-refractivity contribution >= 4 is 5.97 Å². The molecule has 6 heteroatoms. The molecule has 35 heavy (non-hydrogen) atoms. The lowest BCUT2D eigenvalue weighted by Crippen LogP contribution is -3.00. The van der Waals surface area contributed by atoms with E-state index in [1.807, 2.05) is 0 Å². The molecule has 0 aromatic carbocycles. The predicted molar refractivity (Wildman–Crippen MR) is 144 cm³/mol. The Morgan fingerprint density at radius 2 is 0.914 bits per heavy atom. The van der Waals surface area contributed by atoms with Crippen molar-refractivity contribution in [3.63, 3.8) is 0 Å². The lowest BCUT2D eigenvalue weighted by Gasteiger charge is -2.31. The number of rotatable bonds is 23. The van der Waals surface area contributed by atoms with Gasteiger partial charge in [-0.1, -0.05) is 64.9 Å². The second kappa shape index (κ2) is 24.4. The van der Waals surface area contributed by atoms with Gasteiger partial charge >= 0.3 is 5.97 Å². The van der Waals surface area contributed by atoms with Crippen LogP contribution in [0.3, 0.4) is 0 Å². The van der Waals surface area contributed by atoms with Gasteiger partial charge in [0.2, 0.25) is 0 Å². The van der Waals surface area contributed by atoms with Crippen LogP contribution in [0.5, 0.6) is 0 Å². The van der Waals surface area contributed by atoms with Gasteiger partial charge in [-0.05, 0) is 45.4 Å². The van der Waals surface area contributed by atoms with Gasteiger partial charge in [-0.3, -0.25) is 0 Å². The summed E-state index contributed by atoms with van der Waals surface area (Å²) in [6.45, 7) is 13.0. The van der Waals surface area contributed by atoms with Crippen LogP contribution in [-0.4, -0.2) is 75.9 Å². The van der Waals surface area contributed by atoms with Crippen molar-refractivity contribution in [1.82, 2.24) is 0 Å². The molecule has 0 N–H and O–H groups in total. The first-order chi connectivity index (χ1) is 15.6. The molecular formula is C29H60Br2N2O2. The molecule has 0 aliphatic carbocycles. The van der Waals surface area contributed by atoms with Crippen LogP contribution in [0.25, 0.3) is 0 Å². The van der Waals surface area contributed by atoms with Crippen molar-refractivity contribution in [2.45, 2.75) is 110 Å². The molecule has 4 nitrogen and oxygen atoms in total. The topological polar surface area (TPSA) is 26.3 Å². The number of hydrogen-bond acceptors (Lipinski definition) is 2. The zero-order chi connectivity index (χ0) is 25.0. The maximum absolute atomic E-state index is 11.4. The summed E-state index contributed by atoms with van der Waals surface area (Å²) in [5.41, 5.74) is 0.481. The number of nitrogens with zero attached hydrogens (tertiary/aromatic N) is 2. The van der Waals surface area contributed by atoms with E-state index < -0.39 is 0 Å². The van der Waals surface area contributed by atoms with Gasteiger partial charge in [0.15, 0.2) is 0 Å². The molecule has 0 heterocycles. The molecule has 0 unspecified atom stereocenters. The first-order valence-corrected chi connectivity index (χ1v) is 14.1. The summed E-state index contributed by atoms with van der Waals surface area (Å²) in [6, 6.07) is 0.